The predicted octanol–water partition coefficient (Wildman–Crippen LogP) is 9.13. The van der Waals surface area contributed by atoms with Crippen LogP contribution in [0.25, 0.3) is 0 Å². The number of hydrogen-bond acceptors (Lipinski definition) is 3. The second-order valence-corrected chi connectivity index (χ2v) is 11.7. The Labute approximate surface area is 231 Å². The average molecular weight is 571 g/mol. The van der Waals surface area contributed by atoms with Gasteiger partial charge < -0.3 is 14.2 Å². The van der Waals surface area contributed by atoms with Crippen LogP contribution in [0.5, 0.6) is 5.75 Å². The van der Waals surface area contributed by atoms with E-state index in [1.54, 1.807) is 12.1 Å². The summed E-state index contributed by atoms with van der Waals surface area (Å²) in [6, 6.07) is 7.61. The van der Waals surface area contributed by atoms with E-state index in [-0.39, 0.29) is 36.8 Å². The molecule has 2 aliphatic carbocycles. The van der Waals surface area contributed by atoms with Crippen LogP contribution < -0.4 is 4.74 Å². The number of halogens is 6. The van der Waals surface area contributed by atoms with E-state index in [4.69, 9.17) is 14.2 Å². The van der Waals surface area contributed by atoms with Gasteiger partial charge in [0.15, 0.2) is 6.29 Å². The lowest BCUT2D eigenvalue weighted by Gasteiger charge is -2.37. The molecule has 40 heavy (non-hydrogen) atoms. The SMILES string of the molecule is CC1COC(C2CCC(c3ccc(C4CCC(C(F)(F)Oc5ccc(C(F)F)c(F)c5)CC4)c(F)c3)CC2)OC1. The minimum Gasteiger partial charge on any atom is -0.432 e. The third-order valence-electron chi connectivity index (χ3n) is 8.85. The van der Waals surface area contributed by atoms with Crippen molar-refractivity contribution in [1.29, 1.82) is 0 Å². The molecule has 9 heteroatoms. The molecule has 0 bridgehead atoms. The first-order valence-electron chi connectivity index (χ1n) is 14.3. The highest BCUT2D eigenvalue weighted by Gasteiger charge is 2.44. The fourth-order valence-electron chi connectivity index (χ4n) is 6.47. The molecular formula is C31H36F6O3. The Balaban J connectivity index is 1.14. The molecule has 2 saturated carbocycles. The van der Waals surface area contributed by atoms with Crippen molar-refractivity contribution in [2.75, 3.05) is 13.2 Å². The Morgan fingerprint density at radius 3 is 2.05 bits per heavy atom. The second-order valence-electron chi connectivity index (χ2n) is 11.7. The Bertz CT molecular complexity index is 1130. The summed E-state index contributed by atoms with van der Waals surface area (Å²) in [5.41, 5.74) is 0.649. The van der Waals surface area contributed by atoms with Gasteiger partial charge in [-0.05, 0) is 92.5 Å². The van der Waals surface area contributed by atoms with E-state index in [1.807, 2.05) is 6.07 Å². The Kier molecular flexibility index (Phi) is 9.00. The van der Waals surface area contributed by atoms with E-state index in [1.165, 1.54) is 0 Å². The molecule has 0 aromatic heterocycles. The van der Waals surface area contributed by atoms with Crippen molar-refractivity contribution < 1.29 is 40.6 Å². The summed E-state index contributed by atoms with van der Waals surface area (Å²) >= 11 is 0. The summed E-state index contributed by atoms with van der Waals surface area (Å²) in [7, 11) is 0. The molecule has 3 nitrogen and oxygen atoms in total. The largest absolute Gasteiger partial charge is 0.432 e. The van der Waals surface area contributed by atoms with Gasteiger partial charge in [0.1, 0.15) is 17.4 Å². The second kappa shape index (κ2) is 12.3. The molecule has 0 spiro atoms. The van der Waals surface area contributed by atoms with E-state index in [2.05, 4.69) is 6.92 Å². The Hall–Kier alpha value is -2.26. The van der Waals surface area contributed by atoms with E-state index in [0.717, 1.165) is 56.6 Å². The van der Waals surface area contributed by atoms with Gasteiger partial charge in [0.05, 0.1) is 24.7 Å². The van der Waals surface area contributed by atoms with Gasteiger partial charge in [-0.2, -0.15) is 8.78 Å². The van der Waals surface area contributed by atoms with Gasteiger partial charge >= 0.3 is 6.11 Å². The highest BCUT2D eigenvalue weighted by Crippen LogP contribution is 2.45. The molecule has 5 rings (SSSR count). The lowest BCUT2D eigenvalue weighted by Crippen LogP contribution is -2.37. The zero-order chi connectivity index (χ0) is 28.4. The van der Waals surface area contributed by atoms with E-state index in [0.29, 0.717) is 36.3 Å². The van der Waals surface area contributed by atoms with Crippen LogP contribution in [0.1, 0.15) is 93.2 Å². The maximum atomic E-state index is 15.2. The van der Waals surface area contributed by atoms with E-state index >= 15 is 4.39 Å². The van der Waals surface area contributed by atoms with E-state index < -0.39 is 35.6 Å². The lowest BCUT2D eigenvalue weighted by molar-refractivity contribution is -0.226. The molecular weight excluding hydrogens is 534 g/mol. The number of benzene rings is 2. The standard InChI is InChI=1S/C31H36F6O3/c1-18-16-38-30(39-17-18)21-4-2-19(3-5-21)22-8-12-25(27(32)14-22)20-6-9-23(10-7-20)31(36,37)40-24-11-13-26(29(34)35)28(33)15-24/h8,11-15,18-21,23,29-30H,2-7,9-10,16-17H2,1H3. The molecule has 1 heterocycles. The molecule has 1 aliphatic heterocycles. The third-order valence-corrected chi connectivity index (χ3v) is 8.85. The van der Waals surface area contributed by atoms with Crippen molar-refractivity contribution in [3.63, 3.8) is 0 Å². The number of alkyl halides is 4. The summed E-state index contributed by atoms with van der Waals surface area (Å²) in [5, 5.41) is 0. The number of hydrogen-bond donors (Lipinski definition) is 0. The normalized spacial score (nSPS) is 29.9. The minimum absolute atomic E-state index is 0.102. The van der Waals surface area contributed by atoms with Crippen LogP contribution in [0.4, 0.5) is 26.3 Å². The minimum atomic E-state index is -3.60. The maximum absolute atomic E-state index is 15.2. The fourth-order valence-corrected chi connectivity index (χ4v) is 6.47. The molecule has 220 valence electrons. The predicted molar refractivity (Wildman–Crippen MR) is 138 cm³/mol. The maximum Gasteiger partial charge on any atom is 0.400 e. The molecule has 1 saturated heterocycles. The molecule has 0 atom stereocenters. The summed E-state index contributed by atoms with van der Waals surface area (Å²) in [5.74, 6) is -2.36. The average Bonchev–Trinajstić information content (AvgIpc) is 2.93. The van der Waals surface area contributed by atoms with Gasteiger partial charge in [-0.15, -0.1) is 0 Å². The van der Waals surface area contributed by atoms with Crippen molar-refractivity contribution >= 4 is 0 Å². The van der Waals surface area contributed by atoms with Crippen LogP contribution in [0.3, 0.4) is 0 Å². The molecule has 2 aromatic rings. The fraction of sp³-hybridized carbons (Fsp3) is 0.613. The van der Waals surface area contributed by atoms with Gasteiger partial charge in [-0.1, -0.05) is 19.1 Å². The molecule has 0 unspecified atom stereocenters. The first-order valence-corrected chi connectivity index (χ1v) is 14.3. The van der Waals surface area contributed by atoms with Crippen LogP contribution in [-0.4, -0.2) is 25.6 Å². The van der Waals surface area contributed by atoms with Gasteiger partial charge in [0, 0.05) is 17.9 Å². The van der Waals surface area contributed by atoms with Crippen LogP contribution in [0.15, 0.2) is 36.4 Å². The summed E-state index contributed by atoms with van der Waals surface area (Å²) < 4.78 is 101. The molecule has 2 aromatic carbocycles. The topological polar surface area (TPSA) is 27.7 Å². The van der Waals surface area contributed by atoms with Crippen molar-refractivity contribution in [3.8, 4) is 5.75 Å². The molecule has 0 radical (unpaired) electrons. The van der Waals surface area contributed by atoms with Gasteiger partial charge in [0.25, 0.3) is 6.43 Å². The van der Waals surface area contributed by atoms with Crippen molar-refractivity contribution in [2.45, 2.75) is 89.0 Å². The zero-order valence-electron chi connectivity index (χ0n) is 22.6. The van der Waals surface area contributed by atoms with Crippen LogP contribution in [-0.2, 0) is 9.47 Å². The monoisotopic (exact) mass is 570 g/mol. The van der Waals surface area contributed by atoms with Crippen LogP contribution in [0.2, 0.25) is 0 Å². The summed E-state index contributed by atoms with van der Waals surface area (Å²) in [6.07, 6.45) is -2.04. The highest BCUT2D eigenvalue weighted by molar-refractivity contribution is 5.31. The number of rotatable bonds is 7. The van der Waals surface area contributed by atoms with E-state index in [9.17, 15) is 22.0 Å². The summed E-state index contributed by atoms with van der Waals surface area (Å²) in [6.45, 7) is 3.55. The van der Waals surface area contributed by atoms with Crippen molar-refractivity contribution in [1.82, 2.24) is 0 Å². The van der Waals surface area contributed by atoms with Gasteiger partial charge in [0.2, 0.25) is 0 Å². The smallest absolute Gasteiger partial charge is 0.400 e. The first-order chi connectivity index (χ1) is 19.1. The van der Waals surface area contributed by atoms with Crippen LogP contribution in [0, 0.1) is 29.4 Å². The third kappa shape index (κ3) is 6.62. The first kappa shape index (κ1) is 29.2. The van der Waals surface area contributed by atoms with Crippen LogP contribution >= 0.6 is 0 Å². The Morgan fingerprint density at radius 1 is 0.800 bits per heavy atom. The van der Waals surface area contributed by atoms with Crippen molar-refractivity contribution in [2.24, 2.45) is 17.8 Å². The zero-order valence-corrected chi connectivity index (χ0v) is 22.6. The highest BCUT2D eigenvalue weighted by atomic mass is 19.3. The molecule has 0 amide bonds. The number of ether oxygens (including phenoxy) is 3. The Morgan fingerprint density at radius 2 is 1.45 bits per heavy atom. The molecule has 3 fully saturated rings. The molecule has 0 N–H and O–H groups in total. The van der Waals surface area contributed by atoms with Crippen molar-refractivity contribution in [3.05, 3.63) is 64.7 Å². The summed E-state index contributed by atoms with van der Waals surface area (Å²) in [4.78, 5) is 0. The lowest BCUT2D eigenvalue weighted by atomic mass is 9.76. The van der Waals surface area contributed by atoms with Gasteiger partial charge in [-0.25, -0.2) is 17.6 Å². The van der Waals surface area contributed by atoms with Gasteiger partial charge in [-0.3, -0.25) is 0 Å². The quantitative estimate of drug-likeness (QED) is 0.311. The molecule has 3 aliphatic rings.